The van der Waals surface area contributed by atoms with Crippen LogP contribution in [0.2, 0.25) is 0 Å². The number of rotatable bonds is 7. The maximum Gasteiger partial charge on any atom is 0.419 e. The van der Waals surface area contributed by atoms with Crippen molar-refractivity contribution in [2.24, 2.45) is 5.73 Å². The second kappa shape index (κ2) is 7.50. The molecule has 0 fully saturated rings. The number of hydrogen-bond acceptors (Lipinski definition) is 3. The highest BCUT2D eigenvalue weighted by molar-refractivity contribution is 5.39. The van der Waals surface area contributed by atoms with Gasteiger partial charge < -0.3 is 15.2 Å². The van der Waals surface area contributed by atoms with Gasteiger partial charge in [0.2, 0.25) is 0 Å². The van der Waals surface area contributed by atoms with Crippen molar-refractivity contribution in [2.45, 2.75) is 32.0 Å². The van der Waals surface area contributed by atoms with E-state index >= 15 is 0 Å². The predicted octanol–water partition coefficient (Wildman–Crippen LogP) is 3.01. The lowest BCUT2D eigenvalue weighted by Gasteiger charge is -2.19. The molecule has 1 rings (SSSR count). The van der Waals surface area contributed by atoms with Crippen molar-refractivity contribution in [3.63, 3.8) is 0 Å². The maximum absolute atomic E-state index is 13.0. The molecule has 0 aliphatic rings. The molecule has 3 nitrogen and oxygen atoms in total. The summed E-state index contributed by atoms with van der Waals surface area (Å²) in [6.45, 7) is 2.46. The van der Waals surface area contributed by atoms with Crippen LogP contribution < -0.4 is 10.5 Å². The third-order valence-corrected chi connectivity index (χ3v) is 2.84. The Hall–Kier alpha value is -1.27. The fourth-order valence-electron chi connectivity index (χ4n) is 1.78. The first kappa shape index (κ1) is 16.8. The largest absolute Gasteiger partial charge is 0.490 e. The van der Waals surface area contributed by atoms with Crippen molar-refractivity contribution in [3.8, 4) is 5.75 Å². The lowest BCUT2D eigenvalue weighted by atomic mass is 10.1. The van der Waals surface area contributed by atoms with Crippen LogP contribution >= 0.6 is 0 Å². The topological polar surface area (TPSA) is 44.5 Å². The Balaban J connectivity index is 2.94. The van der Waals surface area contributed by atoms with E-state index < -0.39 is 11.7 Å². The first-order chi connectivity index (χ1) is 9.38. The summed E-state index contributed by atoms with van der Waals surface area (Å²) >= 11 is 0. The Morgan fingerprint density at radius 1 is 1.30 bits per heavy atom. The second-order valence-electron chi connectivity index (χ2n) is 4.58. The molecule has 0 saturated heterocycles. The van der Waals surface area contributed by atoms with E-state index in [0.717, 1.165) is 6.07 Å². The average molecular weight is 291 g/mol. The molecule has 1 aromatic carbocycles. The summed E-state index contributed by atoms with van der Waals surface area (Å²) in [6.07, 6.45) is -3.86. The second-order valence-corrected chi connectivity index (χ2v) is 4.58. The molecule has 0 aliphatic heterocycles. The molecule has 0 heterocycles. The summed E-state index contributed by atoms with van der Waals surface area (Å²) in [5.74, 6) is -0.151. The van der Waals surface area contributed by atoms with Gasteiger partial charge in [0.15, 0.2) is 0 Å². The average Bonchev–Trinajstić information content (AvgIpc) is 2.37. The van der Waals surface area contributed by atoms with E-state index in [1.165, 1.54) is 13.2 Å². The molecule has 0 saturated carbocycles. The van der Waals surface area contributed by atoms with Gasteiger partial charge in [-0.25, -0.2) is 0 Å². The van der Waals surface area contributed by atoms with Gasteiger partial charge in [-0.1, -0.05) is 6.07 Å². The third-order valence-electron chi connectivity index (χ3n) is 2.84. The number of methoxy groups -OCH3 is 1. The Morgan fingerprint density at radius 3 is 2.55 bits per heavy atom. The first-order valence-corrected chi connectivity index (χ1v) is 6.44. The summed E-state index contributed by atoms with van der Waals surface area (Å²) in [5, 5.41) is 0. The molecule has 0 radical (unpaired) electrons. The monoisotopic (exact) mass is 291 g/mol. The van der Waals surface area contributed by atoms with Gasteiger partial charge in [-0.3, -0.25) is 0 Å². The molecule has 0 aliphatic carbocycles. The lowest BCUT2D eigenvalue weighted by Crippen LogP contribution is -2.18. The highest BCUT2D eigenvalue weighted by atomic mass is 19.4. The summed E-state index contributed by atoms with van der Waals surface area (Å²) < 4.78 is 49.4. The van der Waals surface area contributed by atoms with Crippen molar-refractivity contribution in [3.05, 3.63) is 29.3 Å². The van der Waals surface area contributed by atoms with Crippen LogP contribution in [0.3, 0.4) is 0 Å². The summed E-state index contributed by atoms with van der Waals surface area (Å²) in [5.41, 5.74) is 5.16. The number of halogens is 3. The van der Waals surface area contributed by atoms with Gasteiger partial charge in [0.1, 0.15) is 5.75 Å². The van der Waals surface area contributed by atoms with Crippen molar-refractivity contribution in [2.75, 3.05) is 20.3 Å². The molecule has 0 aromatic heterocycles. The van der Waals surface area contributed by atoms with Crippen LogP contribution in [0, 0.1) is 0 Å². The highest BCUT2D eigenvalue weighted by Gasteiger charge is 2.35. The van der Waals surface area contributed by atoms with Crippen LogP contribution in [0.5, 0.6) is 5.75 Å². The van der Waals surface area contributed by atoms with E-state index in [-0.39, 0.29) is 11.9 Å². The standard InChI is InChI=1S/C14H20F3NO2/c1-10(6-8-19-2)20-13-4-3-11(5-7-18)9-12(13)14(15,16)17/h3-4,9-10H,5-8,18H2,1-2H3. The summed E-state index contributed by atoms with van der Waals surface area (Å²) in [4.78, 5) is 0. The molecule has 0 spiro atoms. The molecule has 20 heavy (non-hydrogen) atoms. The number of hydrogen-bond donors (Lipinski definition) is 1. The van der Waals surface area contributed by atoms with E-state index in [0.29, 0.717) is 31.6 Å². The van der Waals surface area contributed by atoms with Gasteiger partial charge >= 0.3 is 6.18 Å². The zero-order valence-electron chi connectivity index (χ0n) is 11.7. The Kier molecular flexibility index (Phi) is 6.29. The van der Waals surface area contributed by atoms with Crippen molar-refractivity contribution in [1.29, 1.82) is 0 Å². The van der Waals surface area contributed by atoms with Gasteiger partial charge in [-0.15, -0.1) is 0 Å². The molecule has 114 valence electrons. The van der Waals surface area contributed by atoms with E-state index in [1.54, 1.807) is 13.0 Å². The zero-order chi connectivity index (χ0) is 15.2. The minimum Gasteiger partial charge on any atom is -0.490 e. The molecule has 1 unspecified atom stereocenters. The van der Waals surface area contributed by atoms with Gasteiger partial charge in [-0.2, -0.15) is 13.2 Å². The Labute approximate surface area is 116 Å². The zero-order valence-corrected chi connectivity index (χ0v) is 11.7. The fourth-order valence-corrected chi connectivity index (χ4v) is 1.78. The molecular weight excluding hydrogens is 271 g/mol. The van der Waals surface area contributed by atoms with Crippen LogP contribution in [0.1, 0.15) is 24.5 Å². The minimum atomic E-state index is -4.44. The van der Waals surface area contributed by atoms with E-state index in [2.05, 4.69) is 0 Å². The minimum absolute atomic E-state index is 0.151. The highest BCUT2D eigenvalue weighted by Crippen LogP contribution is 2.37. The Bertz CT molecular complexity index is 421. The van der Waals surface area contributed by atoms with Gasteiger partial charge in [0.25, 0.3) is 0 Å². The molecular formula is C14H20F3NO2. The molecule has 6 heteroatoms. The maximum atomic E-state index is 13.0. The van der Waals surface area contributed by atoms with E-state index in [9.17, 15) is 13.2 Å². The van der Waals surface area contributed by atoms with Crippen LogP contribution in [0.15, 0.2) is 18.2 Å². The van der Waals surface area contributed by atoms with Crippen LogP contribution in [0.4, 0.5) is 13.2 Å². The van der Waals surface area contributed by atoms with Crippen LogP contribution in [0.25, 0.3) is 0 Å². The molecule has 2 N–H and O–H groups in total. The van der Waals surface area contributed by atoms with Crippen LogP contribution in [-0.4, -0.2) is 26.4 Å². The number of benzene rings is 1. The summed E-state index contributed by atoms with van der Waals surface area (Å²) in [7, 11) is 1.54. The number of ether oxygens (including phenoxy) is 2. The quantitative estimate of drug-likeness (QED) is 0.840. The normalized spacial score (nSPS) is 13.3. The van der Waals surface area contributed by atoms with Crippen molar-refractivity contribution >= 4 is 0 Å². The predicted molar refractivity (Wildman–Crippen MR) is 70.8 cm³/mol. The molecule has 1 aromatic rings. The van der Waals surface area contributed by atoms with Gasteiger partial charge in [0.05, 0.1) is 11.7 Å². The van der Waals surface area contributed by atoms with Crippen molar-refractivity contribution in [1.82, 2.24) is 0 Å². The SMILES string of the molecule is COCCC(C)Oc1ccc(CCN)cc1C(F)(F)F. The van der Waals surface area contributed by atoms with Gasteiger partial charge in [-0.05, 0) is 37.6 Å². The smallest absolute Gasteiger partial charge is 0.419 e. The van der Waals surface area contributed by atoms with Crippen LogP contribution in [-0.2, 0) is 17.3 Å². The molecule has 0 amide bonds. The van der Waals surface area contributed by atoms with E-state index in [1.807, 2.05) is 0 Å². The molecule has 1 atom stereocenters. The van der Waals surface area contributed by atoms with Crippen molar-refractivity contribution < 1.29 is 22.6 Å². The van der Waals surface area contributed by atoms with Gasteiger partial charge in [0, 0.05) is 20.1 Å². The number of alkyl halides is 3. The third kappa shape index (κ3) is 5.02. The first-order valence-electron chi connectivity index (χ1n) is 6.44. The van der Waals surface area contributed by atoms with E-state index in [4.69, 9.17) is 15.2 Å². The number of nitrogens with two attached hydrogens (primary N) is 1. The Morgan fingerprint density at radius 2 is 2.00 bits per heavy atom. The molecule has 0 bridgehead atoms. The summed E-state index contributed by atoms with van der Waals surface area (Å²) in [6, 6.07) is 4.07. The lowest BCUT2D eigenvalue weighted by molar-refractivity contribution is -0.139. The fraction of sp³-hybridized carbons (Fsp3) is 0.571.